The zero-order valence-electron chi connectivity index (χ0n) is 17.1. The van der Waals surface area contributed by atoms with Crippen LogP contribution in [0.15, 0.2) is 72.8 Å². The first-order valence-corrected chi connectivity index (χ1v) is 11.3. The Bertz CT molecular complexity index is 1010. The minimum absolute atomic E-state index is 0.263. The second kappa shape index (κ2) is 7.93. The van der Waals surface area contributed by atoms with Crippen LogP contribution in [0.2, 0.25) is 0 Å². The standard InChI is InChI=1S/C25H28ClFN2O/c26-19-28-13-15-29(27,16-14-28)24(17-28)25(30-18-20-7-2-1-3-8-20)23-12-6-10-21-9-4-5-11-22(21)23/h1-12,24-25H,13-19H2/q+2/t24?,25-,28?,29?/m1/s1. The van der Waals surface area contributed by atoms with Crippen LogP contribution in [-0.4, -0.2) is 54.0 Å². The second-order valence-corrected chi connectivity index (χ2v) is 9.06. The van der Waals surface area contributed by atoms with Gasteiger partial charge in [0.15, 0.2) is 19.1 Å². The van der Waals surface area contributed by atoms with Gasteiger partial charge in [-0.3, -0.25) is 4.48 Å². The molecule has 3 aliphatic rings. The first kappa shape index (κ1) is 20.0. The van der Waals surface area contributed by atoms with Gasteiger partial charge in [0.2, 0.25) is 6.04 Å². The highest BCUT2D eigenvalue weighted by molar-refractivity contribution is 6.17. The SMILES string of the molecule is F[N+]12CC[N+](CCl)(CC1)CC2[C@H](OCc1ccccc1)c1cccc2ccccc12. The lowest BCUT2D eigenvalue weighted by Crippen LogP contribution is -2.77. The van der Waals surface area contributed by atoms with Crippen molar-refractivity contribution in [3.05, 3.63) is 83.9 Å². The van der Waals surface area contributed by atoms with Crippen LogP contribution in [0, 0.1) is 0 Å². The molecule has 3 aromatic rings. The molecule has 2 bridgehead atoms. The van der Waals surface area contributed by atoms with Crippen LogP contribution >= 0.6 is 11.6 Å². The van der Waals surface area contributed by atoms with Gasteiger partial charge in [0.1, 0.15) is 25.7 Å². The van der Waals surface area contributed by atoms with Crippen molar-refractivity contribution in [1.29, 1.82) is 0 Å². The molecule has 0 aliphatic carbocycles. The van der Waals surface area contributed by atoms with Gasteiger partial charge in [0.05, 0.1) is 6.61 Å². The van der Waals surface area contributed by atoms with Crippen molar-refractivity contribution in [1.82, 2.24) is 0 Å². The summed E-state index contributed by atoms with van der Waals surface area (Å²) in [5, 5.41) is 2.30. The number of ether oxygens (including phenoxy) is 1. The molecule has 156 valence electrons. The van der Waals surface area contributed by atoms with Gasteiger partial charge >= 0.3 is 0 Å². The highest BCUT2D eigenvalue weighted by Crippen LogP contribution is 2.42. The van der Waals surface area contributed by atoms with Gasteiger partial charge < -0.3 is 4.74 Å². The van der Waals surface area contributed by atoms with E-state index in [0.29, 0.717) is 32.2 Å². The van der Waals surface area contributed by atoms with Gasteiger partial charge in [-0.15, -0.1) is 4.71 Å². The van der Waals surface area contributed by atoms with Crippen LogP contribution < -0.4 is 0 Å². The lowest BCUT2D eigenvalue weighted by molar-refractivity contribution is -1.16. The van der Waals surface area contributed by atoms with Crippen LogP contribution in [0.1, 0.15) is 17.2 Å². The summed E-state index contributed by atoms with van der Waals surface area (Å²) < 4.78 is 23.1. The molecule has 0 amide bonds. The fraction of sp³-hybridized carbons (Fsp3) is 0.360. The fourth-order valence-electron chi connectivity index (χ4n) is 5.21. The van der Waals surface area contributed by atoms with E-state index in [0.717, 1.165) is 39.5 Å². The van der Waals surface area contributed by atoms with Crippen molar-refractivity contribution >= 4 is 22.4 Å². The molecule has 5 heteroatoms. The summed E-state index contributed by atoms with van der Waals surface area (Å²) in [4.78, 5) is 0. The monoisotopic (exact) mass is 426 g/mol. The van der Waals surface area contributed by atoms with Gasteiger partial charge in [0, 0.05) is 0 Å². The lowest BCUT2D eigenvalue weighted by Gasteiger charge is -2.54. The zero-order chi connectivity index (χ0) is 20.6. The van der Waals surface area contributed by atoms with E-state index in [2.05, 4.69) is 42.5 Å². The van der Waals surface area contributed by atoms with Crippen LogP contribution in [0.3, 0.4) is 0 Å². The molecule has 0 N–H and O–H groups in total. The summed E-state index contributed by atoms with van der Waals surface area (Å²) in [6, 6.07) is 25.0. The van der Waals surface area contributed by atoms with E-state index in [1.54, 1.807) is 0 Å². The Kier molecular flexibility index (Phi) is 5.28. The van der Waals surface area contributed by atoms with Crippen molar-refractivity contribution < 1.29 is 18.4 Å². The smallest absolute Gasteiger partial charge is 0.204 e. The number of nitrogens with zero attached hydrogens (tertiary/aromatic N) is 2. The highest BCUT2D eigenvalue weighted by atomic mass is 35.5. The minimum atomic E-state index is -0.417. The number of fused-ring (bicyclic) bond motifs is 4. The minimum Gasteiger partial charge on any atom is -0.362 e. The molecule has 3 saturated heterocycles. The number of halogens is 2. The molecule has 0 aromatic heterocycles. The maximum atomic E-state index is 16.2. The topological polar surface area (TPSA) is 9.23 Å². The molecule has 1 unspecified atom stereocenters. The van der Waals surface area contributed by atoms with Crippen LogP contribution in [0.5, 0.6) is 0 Å². The van der Waals surface area contributed by atoms with Crippen molar-refractivity contribution in [3.63, 3.8) is 0 Å². The van der Waals surface area contributed by atoms with Crippen molar-refractivity contribution in [2.75, 3.05) is 38.7 Å². The quantitative estimate of drug-likeness (QED) is 0.227. The van der Waals surface area contributed by atoms with E-state index in [9.17, 15) is 0 Å². The molecule has 0 saturated carbocycles. The lowest BCUT2D eigenvalue weighted by atomic mass is 9.91. The average Bonchev–Trinajstić information content (AvgIpc) is 2.81. The van der Waals surface area contributed by atoms with Crippen molar-refractivity contribution in [2.24, 2.45) is 0 Å². The van der Waals surface area contributed by atoms with E-state index >= 15 is 4.48 Å². The largest absolute Gasteiger partial charge is 0.362 e. The maximum Gasteiger partial charge on any atom is 0.204 e. The third kappa shape index (κ3) is 3.52. The summed E-state index contributed by atoms with van der Waals surface area (Å²) >= 11 is 6.39. The Hall–Kier alpha value is -1.98. The van der Waals surface area contributed by atoms with Gasteiger partial charge in [-0.1, -0.05) is 84.4 Å². The van der Waals surface area contributed by atoms with Gasteiger partial charge in [-0.05, 0) is 26.4 Å². The number of benzene rings is 3. The predicted octanol–water partition coefficient (Wildman–Crippen LogP) is 5.21. The van der Waals surface area contributed by atoms with E-state index in [4.69, 9.17) is 16.3 Å². The van der Waals surface area contributed by atoms with Crippen LogP contribution in [-0.2, 0) is 11.3 Å². The van der Waals surface area contributed by atoms with E-state index in [1.807, 2.05) is 30.3 Å². The fourth-order valence-corrected chi connectivity index (χ4v) is 5.55. The summed E-state index contributed by atoms with van der Waals surface area (Å²) in [7, 11) is 0. The van der Waals surface area contributed by atoms with Gasteiger partial charge in [0.25, 0.3) is 0 Å². The summed E-state index contributed by atoms with van der Waals surface area (Å²) in [5.41, 5.74) is 2.18. The maximum absolute atomic E-state index is 16.2. The molecule has 2 atom stereocenters. The Morgan fingerprint density at radius 3 is 2.37 bits per heavy atom. The number of hydrogen-bond acceptors (Lipinski definition) is 1. The summed E-state index contributed by atoms with van der Waals surface area (Å²) in [5.74, 6) is 0. The molecule has 3 nitrogen and oxygen atoms in total. The highest BCUT2D eigenvalue weighted by Gasteiger charge is 2.60. The molecular formula is C25H28ClFN2O+2. The van der Waals surface area contributed by atoms with Gasteiger partial charge in [-0.25, -0.2) is 0 Å². The Morgan fingerprint density at radius 1 is 0.900 bits per heavy atom. The zero-order valence-corrected chi connectivity index (χ0v) is 17.8. The normalized spacial score (nSPS) is 29.2. The first-order valence-electron chi connectivity index (χ1n) is 10.7. The average molecular weight is 427 g/mol. The molecule has 6 rings (SSSR count). The molecule has 3 fully saturated rings. The van der Waals surface area contributed by atoms with Crippen molar-refractivity contribution in [3.8, 4) is 0 Å². The summed E-state index contributed by atoms with van der Waals surface area (Å²) in [6.07, 6.45) is -0.331. The third-order valence-corrected chi connectivity index (χ3v) is 7.57. The third-order valence-electron chi connectivity index (χ3n) is 7.07. The first-order chi connectivity index (χ1) is 14.6. The van der Waals surface area contributed by atoms with Crippen LogP contribution in [0.4, 0.5) is 4.48 Å². The Balaban J connectivity index is 1.56. The molecule has 3 aromatic carbocycles. The van der Waals surface area contributed by atoms with E-state index in [-0.39, 0.29) is 12.1 Å². The molecule has 3 aliphatic heterocycles. The van der Waals surface area contributed by atoms with Crippen LogP contribution in [0.25, 0.3) is 10.8 Å². The molecular weight excluding hydrogens is 399 g/mol. The molecule has 30 heavy (non-hydrogen) atoms. The number of hydrogen-bond donors (Lipinski definition) is 0. The molecule has 0 spiro atoms. The second-order valence-electron chi connectivity index (χ2n) is 8.82. The van der Waals surface area contributed by atoms with Crippen molar-refractivity contribution in [2.45, 2.75) is 18.8 Å². The number of piperazine rings is 3. The van der Waals surface area contributed by atoms with Gasteiger partial charge in [-0.2, -0.15) is 0 Å². The molecule has 0 radical (unpaired) electrons. The van der Waals surface area contributed by atoms with E-state index < -0.39 is 4.71 Å². The number of quaternary nitrogens is 2. The summed E-state index contributed by atoms with van der Waals surface area (Å²) in [6.45, 7) is 3.80. The number of rotatable bonds is 6. The molecule has 3 heterocycles. The van der Waals surface area contributed by atoms with E-state index in [1.165, 1.54) is 0 Å². The Labute approximate surface area is 182 Å². The Morgan fingerprint density at radius 2 is 1.60 bits per heavy atom. The predicted molar refractivity (Wildman–Crippen MR) is 118 cm³/mol. The number of alkyl halides is 1.